The van der Waals surface area contributed by atoms with Crippen molar-refractivity contribution < 1.29 is 19.1 Å². The maximum Gasteiger partial charge on any atom is 0.409 e. The van der Waals surface area contributed by atoms with Crippen molar-refractivity contribution in [1.29, 1.82) is 0 Å². The molecule has 0 bridgehead atoms. The highest BCUT2D eigenvalue weighted by Gasteiger charge is 2.44. The zero-order valence-corrected chi connectivity index (χ0v) is 13.2. The van der Waals surface area contributed by atoms with Gasteiger partial charge in [-0.25, -0.2) is 4.79 Å². The van der Waals surface area contributed by atoms with Gasteiger partial charge in [-0.1, -0.05) is 0 Å². The minimum Gasteiger partial charge on any atom is -0.450 e. The first-order valence-electron chi connectivity index (χ1n) is 8.18. The Balaban J connectivity index is 1.48. The number of piperidine rings is 1. The Morgan fingerprint density at radius 1 is 1.41 bits per heavy atom. The van der Waals surface area contributed by atoms with Crippen LogP contribution in [0.1, 0.15) is 26.2 Å². The minimum absolute atomic E-state index is 0.0215. The van der Waals surface area contributed by atoms with Gasteiger partial charge in [0.25, 0.3) is 0 Å². The highest BCUT2D eigenvalue weighted by atomic mass is 16.6. The number of ether oxygens (including phenoxy) is 2. The molecule has 1 N–H and O–H groups in total. The minimum atomic E-state index is -0.202. The Morgan fingerprint density at radius 3 is 2.82 bits per heavy atom. The van der Waals surface area contributed by atoms with E-state index in [2.05, 4.69) is 10.2 Å². The van der Waals surface area contributed by atoms with Gasteiger partial charge in [-0.05, 0) is 26.2 Å². The van der Waals surface area contributed by atoms with Crippen LogP contribution in [0.3, 0.4) is 0 Å². The summed E-state index contributed by atoms with van der Waals surface area (Å²) in [5, 5.41) is 2.91. The largest absolute Gasteiger partial charge is 0.450 e. The van der Waals surface area contributed by atoms with Gasteiger partial charge in [0.1, 0.15) is 6.61 Å². The van der Waals surface area contributed by atoms with Gasteiger partial charge < -0.3 is 19.7 Å². The molecule has 0 aromatic carbocycles. The van der Waals surface area contributed by atoms with E-state index >= 15 is 0 Å². The van der Waals surface area contributed by atoms with Crippen molar-refractivity contribution in [3.63, 3.8) is 0 Å². The van der Waals surface area contributed by atoms with Crippen molar-refractivity contribution in [2.24, 2.45) is 0 Å². The molecule has 3 aliphatic heterocycles. The topological polar surface area (TPSA) is 71.1 Å². The quantitative estimate of drug-likeness (QED) is 0.789. The third kappa shape index (κ3) is 3.20. The van der Waals surface area contributed by atoms with Crippen molar-refractivity contribution in [2.75, 3.05) is 45.9 Å². The molecule has 0 aromatic rings. The molecule has 0 saturated carbocycles. The van der Waals surface area contributed by atoms with Crippen LogP contribution < -0.4 is 5.32 Å². The maximum absolute atomic E-state index is 11.7. The lowest BCUT2D eigenvalue weighted by Gasteiger charge is -2.38. The molecule has 0 aromatic heterocycles. The number of nitrogens with zero attached hydrogens (tertiary/aromatic N) is 2. The lowest BCUT2D eigenvalue weighted by Crippen LogP contribution is -2.55. The predicted octanol–water partition coefficient (Wildman–Crippen LogP) is 0.198. The third-order valence-electron chi connectivity index (χ3n) is 4.97. The molecule has 0 radical (unpaired) electrons. The molecule has 3 heterocycles. The van der Waals surface area contributed by atoms with Crippen LogP contribution >= 0.6 is 0 Å². The fraction of sp³-hybridized carbons (Fsp3) is 0.867. The van der Waals surface area contributed by atoms with Gasteiger partial charge in [-0.15, -0.1) is 0 Å². The van der Waals surface area contributed by atoms with Crippen molar-refractivity contribution in [1.82, 2.24) is 15.1 Å². The van der Waals surface area contributed by atoms with E-state index < -0.39 is 0 Å². The van der Waals surface area contributed by atoms with Crippen LogP contribution in [0, 0.1) is 0 Å². The molecule has 22 heavy (non-hydrogen) atoms. The van der Waals surface area contributed by atoms with E-state index in [1.807, 2.05) is 6.92 Å². The Kier molecular flexibility index (Phi) is 4.54. The SMILES string of the molecule is CCOC(=O)N1CCC(N2CCC3(CNC(=O)CO3)C2)CC1. The summed E-state index contributed by atoms with van der Waals surface area (Å²) in [5.74, 6) is -0.0215. The molecule has 1 atom stereocenters. The molecule has 3 aliphatic rings. The second-order valence-corrected chi connectivity index (χ2v) is 6.39. The Morgan fingerprint density at radius 2 is 2.18 bits per heavy atom. The molecule has 0 aliphatic carbocycles. The summed E-state index contributed by atoms with van der Waals surface area (Å²) >= 11 is 0. The molecule has 7 nitrogen and oxygen atoms in total. The first-order valence-corrected chi connectivity index (χ1v) is 8.18. The zero-order valence-electron chi connectivity index (χ0n) is 13.2. The van der Waals surface area contributed by atoms with Gasteiger partial charge in [-0.3, -0.25) is 9.69 Å². The standard InChI is InChI=1S/C15H25N3O4/c1-2-21-14(20)17-6-3-12(4-7-17)18-8-5-15(11-18)10-16-13(19)9-22-15/h12H,2-11H2,1H3,(H,16,19). The molecule has 124 valence electrons. The van der Waals surface area contributed by atoms with Crippen molar-refractivity contribution in [3.05, 3.63) is 0 Å². The van der Waals surface area contributed by atoms with Gasteiger partial charge in [0.05, 0.1) is 12.2 Å². The van der Waals surface area contributed by atoms with E-state index in [4.69, 9.17) is 9.47 Å². The van der Waals surface area contributed by atoms with Crippen LogP contribution in [-0.2, 0) is 14.3 Å². The monoisotopic (exact) mass is 311 g/mol. The number of hydrogen-bond acceptors (Lipinski definition) is 5. The fourth-order valence-electron chi connectivity index (χ4n) is 3.66. The maximum atomic E-state index is 11.7. The molecular formula is C15H25N3O4. The van der Waals surface area contributed by atoms with E-state index in [1.165, 1.54) is 0 Å². The van der Waals surface area contributed by atoms with Crippen LogP contribution in [0.5, 0.6) is 0 Å². The number of amides is 2. The number of hydrogen-bond donors (Lipinski definition) is 1. The van der Waals surface area contributed by atoms with Gasteiger partial charge in [0.2, 0.25) is 5.91 Å². The molecule has 3 fully saturated rings. The first-order chi connectivity index (χ1) is 10.6. The molecule has 2 amide bonds. The molecule has 7 heteroatoms. The normalized spacial score (nSPS) is 30.6. The number of rotatable bonds is 2. The van der Waals surface area contributed by atoms with Crippen LogP contribution in [0.15, 0.2) is 0 Å². The van der Waals surface area contributed by atoms with E-state index in [0.717, 1.165) is 45.4 Å². The second kappa shape index (κ2) is 6.42. The van der Waals surface area contributed by atoms with Crippen LogP contribution in [0.2, 0.25) is 0 Å². The average Bonchev–Trinajstić information content (AvgIpc) is 2.95. The predicted molar refractivity (Wildman–Crippen MR) is 79.5 cm³/mol. The molecule has 3 rings (SSSR count). The summed E-state index contributed by atoms with van der Waals surface area (Å²) in [5.41, 5.74) is -0.202. The van der Waals surface area contributed by atoms with Gasteiger partial charge in [0, 0.05) is 38.8 Å². The second-order valence-electron chi connectivity index (χ2n) is 6.39. The Hall–Kier alpha value is -1.34. The van der Waals surface area contributed by atoms with Gasteiger partial charge in [-0.2, -0.15) is 0 Å². The fourth-order valence-corrected chi connectivity index (χ4v) is 3.66. The first kappa shape index (κ1) is 15.6. The zero-order chi connectivity index (χ0) is 15.6. The lowest BCUT2D eigenvalue weighted by molar-refractivity contribution is -0.142. The lowest BCUT2D eigenvalue weighted by atomic mass is 10.0. The summed E-state index contributed by atoms with van der Waals surface area (Å²) in [6.45, 7) is 6.43. The van der Waals surface area contributed by atoms with Gasteiger partial charge in [0.15, 0.2) is 0 Å². The molecule has 1 spiro atoms. The number of nitrogens with one attached hydrogen (secondary N) is 1. The third-order valence-corrected chi connectivity index (χ3v) is 4.97. The van der Waals surface area contributed by atoms with Crippen LogP contribution in [0.4, 0.5) is 4.79 Å². The van der Waals surface area contributed by atoms with Crippen LogP contribution in [0.25, 0.3) is 0 Å². The molecule has 3 saturated heterocycles. The number of carbonyl (C=O) groups is 2. The van der Waals surface area contributed by atoms with E-state index in [9.17, 15) is 9.59 Å². The molecule has 1 unspecified atom stereocenters. The summed E-state index contributed by atoms with van der Waals surface area (Å²) in [4.78, 5) is 27.2. The molecular weight excluding hydrogens is 286 g/mol. The van der Waals surface area contributed by atoms with E-state index in [0.29, 0.717) is 19.2 Å². The van der Waals surface area contributed by atoms with Crippen LogP contribution in [-0.4, -0.2) is 79.4 Å². The smallest absolute Gasteiger partial charge is 0.409 e. The van der Waals surface area contributed by atoms with E-state index in [1.54, 1.807) is 4.90 Å². The van der Waals surface area contributed by atoms with Crippen molar-refractivity contribution in [3.8, 4) is 0 Å². The highest BCUT2D eigenvalue weighted by Crippen LogP contribution is 2.30. The summed E-state index contributed by atoms with van der Waals surface area (Å²) in [7, 11) is 0. The number of likely N-dealkylation sites (tertiary alicyclic amines) is 2. The van der Waals surface area contributed by atoms with Crippen molar-refractivity contribution in [2.45, 2.75) is 37.8 Å². The average molecular weight is 311 g/mol. The summed E-state index contributed by atoms with van der Waals surface area (Å²) < 4.78 is 10.9. The Labute approximate surface area is 130 Å². The van der Waals surface area contributed by atoms with Crippen molar-refractivity contribution >= 4 is 12.0 Å². The number of morpholine rings is 1. The summed E-state index contributed by atoms with van der Waals surface area (Å²) in [6, 6.07) is 0.492. The Bertz CT molecular complexity index is 425. The van der Waals surface area contributed by atoms with Gasteiger partial charge >= 0.3 is 6.09 Å². The summed E-state index contributed by atoms with van der Waals surface area (Å²) in [6.07, 6.45) is 2.71. The number of carbonyl (C=O) groups excluding carboxylic acids is 2. The van der Waals surface area contributed by atoms with E-state index in [-0.39, 0.29) is 24.2 Å². The highest BCUT2D eigenvalue weighted by molar-refractivity contribution is 5.78.